The third-order valence-electron chi connectivity index (χ3n) is 3.17. The topological polar surface area (TPSA) is 63.6 Å². The minimum atomic E-state index is -1.26. The molecule has 0 spiro atoms. The molecule has 2 aromatic carbocycles. The molecule has 0 aliphatic carbocycles. The molecule has 0 aliphatic heterocycles. The molecular weight excluding hydrogens is 344 g/mol. The summed E-state index contributed by atoms with van der Waals surface area (Å²) in [6, 6.07) is 3.32. The molecule has 0 aliphatic rings. The van der Waals surface area contributed by atoms with Crippen molar-refractivity contribution < 1.29 is 37.0 Å². The summed E-state index contributed by atoms with van der Waals surface area (Å²) in [7, 11) is 1.18. The van der Waals surface area contributed by atoms with Gasteiger partial charge in [0.05, 0.1) is 18.2 Å². The van der Waals surface area contributed by atoms with Crippen LogP contribution in [0.4, 0.5) is 17.6 Å². The van der Waals surface area contributed by atoms with Crippen LogP contribution in [0.1, 0.15) is 31.8 Å². The molecule has 0 heterocycles. The van der Waals surface area contributed by atoms with Crippen molar-refractivity contribution >= 4 is 11.9 Å². The van der Waals surface area contributed by atoms with Crippen LogP contribution in [0.3, 0.4) is 0 Å². The minimum absolute atomic E-state index is 0.0430. The Balaban J connectivity index is 0.000000251. The Labute approximate surface area is 140 Å². The van der Waals surface area contributed by atoms with Gasteiger partial charge in [0.15, 0.2) is 23.3 Å². The first-order valence-corrected chi connectivity index (χ1v) is 6.81. The number of carbonyl (C=O) groups excluding carboxylic acids is 1. The van der Waals surface area contributed by atoms with Crippen molar-refractivity contribution in [2.45, 2.75) is 13.8 Å². The molecule has 0 atom stereocenters. The fraction of sp³-hybridized carbons (Fsp3) is 0.176. The SMILES string of the molecule is COC(=O)c1cc(F)c(F)cc1C.Cc1cc(F)c(F)cc1C(=O)O. The number of halogens is 4. The van der Waals surface area contributed by atoms with Gasteiger partial charge in [0, 0.05) is 0 Å². The number of methoxy groups -OCH3 is 1. The molecule has 0 amide bonds. The first-order chi connectivity index (χ1) is 11.6. The summed E-state index contributed by atoms with van der Waals surface area (Å²) in [6.07, 6.45) is 0. The summed E-state index contributed by atoms with van der Waals surface area (Å²) in [5, 5.41) is 8.49. The number of hydrogen-bond donors (Lipinski definition) is 1. The zero-order valence-electron chi connectivity index (χ0n) is 13.5. The molecule has 2 aromatic rings. The number of carboxylic acids is 1. The number of hydrogen-bond acceptors (Lipinski definition) is 3. The van der Waals surface area contributed by atoms with Crippen LogP contribution in [0.25, 0.3) is 0 Å². The number of benzene rings is 2. The van der Waals surface area contributed by atoms with Crippen molar-refractivity contribution in [2.24, 2.45) is 0 Å². The standard InChI is InChI=1S/C9H8F2O2.C8H6F2O2/c1-5-3-7(10)8(11)4-6(5)9(12)13-2;1-4-2-6(9)7(10)3-5(4)8(11)12/h3-4H,1-2H3;2-3H,1H3,(H,11,12). The van der Waals surface area contributed by atoms with E-state index in [1.54, 1.807) is 0 Å². The third kappa shape index (κ3) is 5.03. The Morgan fingerprint density at radius 2 is 1.16 bits per heavy atom. The van der Waals surface area contributed by atoms with Gasteiger partial charge in [0.1, 0.15) is 0 Å². The molecule has 1 N–H and O–H groups in total. The van der Waals surface area contributed by atoms with Gasteiger partial charge in [-0.05, 0) is 49.2 Å². The number of rotatable bonds is 2. The number of carboxylic acid groups (broad SMARTS) is 1. The van der Waals surface area contributed by atoms with Crippen molar-refractivity contribution in [1.29, 1.82) is 0 Å². The predicted molar refractivity (Wildman–Crippen MR) is 80.5 cm³/mol. The number of ether oxygens (including phenoxy) is 1. The van der Waals surface area contributed by atoms with Crippen LogP contribution in [0.15, 0.2) is 24.3 Å². The van der Waals surface area contributed by atoms with Crippen LogP contribution in [0, 0.1) is 37.1 Å². The van der Waals surface area contributed by atoms with Crippen molar-refractivity contribution in [3.8, 4) is 0 Å². The Kier molecular flexibility index (Phi) is 6.67. The van der Waals surface area contributed by atoms with E-state index in [0.717, 1.165) is 18.2 Å². The molecule has 0 bridgehead atoms. The molecule has 0 fully saturated rings. The maximum atomic E-state index is 12.7. The zero-order valence-corrected chi connectivity index (χ0v) is 13.5. The maximum absolute atomic E-state index is 12.7. The number of aryl methyl sites for hydroxylation is 2. The van der Waals surface area contributed by atoms with Crippen LogP contribution >= 0.6 is 0 Å². The van der Waals surface area contributed by atoms with E-state index < -0.39 is 35.2 Å². The third-order valence-corrected chi connectivity index (χ3v) is 3.17. The van der Waals surface area contributed by atoms with Gasteiger partial charge in [-0.3, -0.25) is 0 Å². The second kappa shape index (κ2) is 8.27. The van der Waals surface area contributed by atoms with Crippen molar-refractivity contribution in [3.63, 3.8) is 0 Å². The molecule has 0 saturated heterocycles. The highest BCUT2D eigenvalue weighted by Gasteiger charge is 2.13. The average molecular weight is 358 g/mol. The molecule has 25 heavy (non-hydrogen) atoms. The van der Waals surface area contributed by atoms with Gasteiger partial charge in [0.25, 0.3) is 0 Å². The Hall–Kier alpha value is -2.90. The second-order valence-electron chi connectivity index (χ2n) is 4.96. The molecule has 134 valence electrons. The number of esters is 1. The van der Waals surface area contributed by atoms with Gasteiger partial charge in [-0.2, -0.15) is 0 Å². The highest BCUT2D eigenvalue weighted by molar-refractivity contribution is 5.91. The molecule has 0 radical (unpaired) electrons. The quantitative estimate of drug-likeness (QED) is 0.650. The normalized spacial score (nSPS) is 9.88. The van der Waals surface area contributed by atoms with Gasteiger partial charge in [-0.25, -0.2) is 27.2 Å². The molecule has 0 unspecified atom stereocenters. The monoisotopic (exact) mass is 358 g/mol. The van der Waals surface area contributed by atoms with E-state index in [1.165, 1.54) is 21.0 Å². The van der Waals surface area contributed by atoms with Crippen molar-refractivity contribution in [2.75, 3.05) is 7.11 Å². The van der Waals surface area contributed by atoms with E-state index in [4.69, 9.17) is 5.11 Å². The van der Waals surface area contributed by atoms with Gasteiger partial charge >= 0.3 is 11.9 Å². The van der Waals surface area contributed by atoms with Crippen LogP contribution < -0.4 is 0 Å². The van der Waals surface area contributed by atoms with Crippen LogP contribution in [-0.2, 0) is 4.74 Å². The van der Waals surface area contributed by atoms with Crippen LogP contribution in [-0.4, -0.2) is 24.2 Å². The highest BCUT2D eigenvalue weighted by Crippen LogP contribution is 2.15. The molecule has 0 saturated carbocycles. The van der Waals surface area contributed by atoms with E-state index in [-0.39, 0.29) is 16.7 Å². The van der Waals surface area contributed by atoms with Gasteiger partial charge in [-0.1, -0.05) is 0 Å². The van der Waals surface area contributed by atoms with Gasteiger partial charge < -0.3 is 9.84 Å². The Morgan fingerprint density at radius 1 is 0.800 bits per heavy atom. The van der Waals surface area contributed by atoms with Crippen molar-refractivity contribution in [3.05, 3.63) is 69.8 Å². The Morgan fingerprint density at radius 3 is 1.56 bits per heavy atom. The van der Waals surface area contributed by atoms with Gasteiger partial charge in [0.2, 0.25) is 0 Å². The Bertz CT molecular complexity index is 819. The summed E-state index contributed by atoms with van der Waals surface area (Å²) in [6.45, 7) is 2.92. The lowest BCUT2D eigenvalue weighted by Crippen LogP contribution is -2.05. The van der Waals surface area contributed by atoms with E-state index in [0.29, 0.717) is 11.6 Å². The number of carbonyl (C=O) groups is 2. The second-order valence-corrected chi connectivity index (χ2v) is 4.96. The summed E-state index contributed by atoms with van der Waals surface area (Å²) >= 11 is 0. The maximum Gasteiger partial charge on any atom is 0.338 e. The lowest BCUT2D eigenvalue weighted by molar-refractivity contribution is 0.0598. The average Bonchev–Trinajstić information content (AvgIpc) is 2.54. The predicted octanol–water partition coefficient (Wildman–Crippen LogP) is 4.03. The molecule has 4 nitrogen and oxygen atoms in total. The summed E-state index contributed by atoms with van der Waals surface area (Å²) in [5.41, 5.74) is 0.391. The highest BCUT2D eigenvalue weighted by atomic mass is 19.2. The van der Waals surface area contributed by atoms with E-state index in [1.807, 2.05) is 0 Å². The fourth-order valence-electron chi connectivity index (χ4n) is 1.85. The number of aromatic carboxylic acids is 1. The minimum Gasteiger partial charge on any atom is -0.478 e. The molecule has 8 heteroatoms. The van der Waals surface area contributed by atoms with Crippen molar-refractivity contribution in [1.82, 2.24) is 0 Å². The molecular formula is C17H14F4O4. The van der Waals surface area contributed by atoms with Gasteiger partial charge in [-0.15, -0.1) is 0 Å². The molecule has 0 aromatic heterocycles. The van der Waals surface area contributed by atoms with E-state index >= 15 is 0 Å². The van der Waals surface area contributed by atoms with Crippen LogP contribution in [0.5, 0.6) is 0 Å². The smallest absolute Gasteiger partial charge is 0.338 e. The zero-order chi connectivity index (χ0) is 19.3. The van der Waals surface area contributed by atoms with E-state index in [9.17, 15) is 27.2 Å². The summed E-state index contributed by atoms with van der Waals surface area (Å²) in [5.74, 6) is -6.12. The lowest BCUT2D eigenvalue weighted by Gasteiger charge is -2.03. The largest absolute Gasteiger partial charge is 0.478 e. The lowest BCUT2D eigenvalue weighted by atomic mass is 10.1. The fourth-order valence-corrected chi connectivity index (χ4v) is 1.85. The van der Waals surface area contributed by atoms with E-state index in [2.05, 4.69) is 4.74 Å². The summed E-state index contributed by atoms with van der Waals surface area (Å²) in [4.78, 5) is 21.4. The summed E-state index contributed by atoms with van der Waals surface area (Å²) < 4.78 is 54.6. The van der Waals surface area contributed by atoms with Crippen LogP contribution in [0.2, 0.25) is 0 Å². The first kappa shape index (κ1) is 20.1. The molecule has 2 rings (SSSR count). The first-order valence-electron chi connectivity index (χ1n) is 6.81.